The third-order valence-electron chi connectivity index (χ3n) is 3.76. The Morgan fingerprint density at radius 1 is 1.39 bits per heavy atom. The van der Waals surface area contributed by atoms with Crippen LogP contribution in [0.1, 0.15) is 6.42 Å². The maximum atomic E-state index is 5.51. The number of methoxy groups -OCH3 is 1. The predicted molar refractivity (Wildman–Crippen MR) is 71.7 cm³/mol. The molecule has 2 aliphatic heterocycles. The largest absolute Gasteiger partial charge is 0.497 e. The van der Waals surface area contributed by atoms with Crippen LogP contribution in [0.3, 0.4) is 0 Å². The molecule has 2 unspecified atom stereocenters. The third-order valence-corrected chi connectivity index (χ3v) is 4.79. The van der Waals surface area contributed by atoms with Crippen LogP contribution in [0.15, 0.2) is 18.2 Å². The molecule has 0 saturated carbocycles. The minimum Gasteiger partial charge on any atom is -0.497 e. The van der Waals surface area contributed by atoms with E-state index in [1.807, 2.05) is 12.1 Å². The van der Waals surface area contributed by atoms with Gasteiger partial charge < -0.3 is 14.4 Å². The molecule has 2 aromatic rings. The molecule has 2 atom stereocenters. The van der Waals surface area contributed by atoms with Gasteiger partial charge in [0.2, 0.25) is 0 Å². The number of benzene rings is 1. The molecule has 0 amide bonds. The van der Waals surface area contributed by atoms with E-state index in [1.54, 1.807) is 18.4 Å². The molecule has 3 heterocycles. The lowest BCUT2D eigenvalue weighted by molar-refractivity contribution is 0.0103. The quantitative estimate of drug-likeness (QED) is 0.831. The van der Waals surface area contributed by atoms with E-state index in [4.69, 9.17) is 14.5 Å². The van der Waals surface area contributed by atoms with Crippen LogP contribution in [-0.2, 0) is 4.74 Å². The van der Waals surface area contributed by atoms with Gasteiger partial charge in [0.15, 0.2) is 5.13 Å². The first kappa shape index (κ1) is 10.6. The molecule has 2 fully saturated rings. The average Bonchev–Trinajstić information content (AvgIpc) is 2.81. The number of anilines is 1. The monoisotopic (exact) mass is 262 g/mol. The normalized spacial score (nSPS) is 26.2. The van der Waals surface area contributed by atoms with E-state index in [0.29, 0.717) is 12.1 Å². The average molecular weight is 262 g/mol. The van der Waals surface area contributed by atoms with Crippen molar-refractivity contribution in [3.05, 3.63) is 18.2 Å². The minimum absolute atomic E-state index is 0.534. The van der Waals surface area contributed by atoms with Gasteiger partial charge in [0.25, 0.3) is 0 Å². The van der Waals surface area contributed by atoms with Crippen molar-refractivity contribution in [2.75, 3.05) is 25.2 Å². The number of thiazole rings is 1. The molecule has 18 heavy (non-hydrogen) atoms. The Hall–Kier alpha value is -1.33. The fourth-order valence-corrected chi connectivity index (χ4v) is 3.92. The van der Waals surface area contributed by atoms with Gasteiger partial charge in [-0.15, -0.1) is 0 Å². The number of fused-ring (bicyclic) bond motifs is 3. The highest BCUT2D eigenvalue weighted by Crippen LogP contribution is 2.40. The second-order valence-corrected chi connectivity index (χ2v) is 5.83. The molecule has 0 aliphatic carbocycles. The van der Waals surface area contributed by atoms with Crippen molar-refractivity contribution >= 4 is 26.7 Å². The zero-order chi connectivity index (χ0) is 12.1. The van der Waals surface area contributed by atoms with Crippen LogP contribution in [0.4, 0.5) is 5.13 Å². The lowest BCUT2D eigenvalue weighted by atomic mass is 9.92. The molecule has 5 heteroatoms. The highest BCUT2D eigenvalue weighted by Gasteiger charge is 2.43. The Balaban J connectivity index is 1.73. The standard InChI is InChI=1S/C13H14N2O2S/c1-16-10-2-3-11-12(5-10)18-13(14-11)15-8-4-9(15)7-17-6-8/h2-3,5,8-9H,4,6-7H2,1H3. The topological polar surface area (TPSA) is 34.6 Å². The molecule has 2 aliphatic rings. The van der Waals surface area contributed by atoms with Crippen LogP contribution in [0.2, 0.25) is 0 Å². The highest BCUT2D eigenvalue weighted by atomic mass is 32.1. The van der Waals surface area contributed by atoms with Crippen LogP contribution in [0.25, 0.3) is 10.2 Å². The lowest BCUT2D eigenvalue weighted by Gasteiger charge is -2.52. The van der Waals surface area contributed by atoms with Gasteiger partial charge in [-0.2, -0.15) is 0 Å². The fraction of sp³-hybridized carbons (Fsp3) is 0.462. The molecule has 0 radical (unpaired) electrons. The summed E-state index contributed by atoms with van der Waals surface area (Å²) in [5, 5.41) is 1.13. The molecule has 0 N–H and O–H groups in total. The van der Waals surface area contributed by atoms with E-state index < -0.39 is 0 Å². The van der Waals surface area contributed by atoms with E-state index in [9.17, 15) is 0 Å². The molecule has 2 saturated heterocycles. The number of ether oxygens (including phenoxy) is 2. The van der Waals surface area contributed by atoms with Gasteiger partial charge in [0.05, 0.1) is 42.6 Å². The molecule has 94 valence electrons. The highest BCUT2D eigenvalue weighted by molar-refractivity contribution is 7.22. The second kappa shape index (κ2) is 3.83. The summed E-state index contributed by atoms with van der Waals surface area (Å²) in [5.74, 6) is 0.893. The summed E-state index contributed by atoms with van der Waals surface area (Å²) in [6, 6.07) is 7.12. The summed E-state index contributed by atoms with van der Waals surface area (Å²) in [6.07, 6.45) is 1.25. The summed E-state index contributed by atoms with van der Waals surface area (Å²) < 4.78 is 12.0. The number of morpholine rings is 1. The molecule has 4 nitrogen and oxygen atoms in total. The number of hydrogen-bond donors (Lipinski definition) is 0. The van der Waals surface area contributed by atoms with Crippen molar-refractivity contribution < 1.29 is 9.47 Å². The summed E-state index contributed by atoms with van der Waals surface area (Å²) in [5.41, 5.74) is 1.06. The van der Waals surface area contributed by atoms with Crippen molar-refractivity contribution in [2.45, 2.75) is 18.5 Å². The summed E-state index contributed by atoms with van der Waals surface area (Å²) in [6.45, 7) is 1.69. The molecule has 4 rings (SSSR count). The van der Waals surface area contributed by atoms with Gasteiger partial charge >= 0.3 is 0 Å². The SMILES string of the molecule is COc1ccc2nc(N3C4COCC3C4)sc2c1. The van der Waals surface area contributed by atoms with E-state index in [1.165, 1.54) is 11.1 Å². The maximum Gasteiger partial charge on any atom is 0.187 e. The second-order valence-electron chi connectivity index (χ2n) is 4.82. The van der Waals surface area contributed by atoms with Crippen molar-refractivity contribution in [1.82, 2.24) is 4.98 Å². The first-order valence-corrected chi connectivity index (χ1v) is 6.97. The molecule has 1 aromatic carbocycles. The van der Waals surface area contributed by atoms with Crippen molar-refractivity contribution in [3.8, 4) is 5.75 Å². The van der Waals surface area contributed by atoms with E-state index in [2.05, 4.69) is 11.0 Å². The summed E-state index contributed by atoms with van der Waals surface area (Å²) >= 11 is 1.75. The Bertz CT molecular complexity index is 584. The van der Waals surface area contributed by atoms with Crippen LogP contribution in [0.5, 0.6) is 5.75 Å². The first-order valence-electron chi connectivity index (χ1n) is 6.16. The minimum atomic E-state index is 0.534. The van der Waals surface area contributed by atoms with Crippen LogP contribution >= 0.6 is 11.3 Å². The molecular formula is C13H14N2O2S. The van der Waals surface area contributed by atoms with Gasteiger partial charge in [-0.1, -0.05) is 11.3 Å². The van der Waals surface area contributed by atoms with E-state index >= 15 is 0 Å². The Morgan fingerprint density at radius 2 is 2.22 bits per heavy atom. The smallest absolute Gasteiger partial charge is 0.187 e. The number of hydrogen-bond acceptors (Lipinski definition) is 5. The zero-order valence-electron chi connectivity index (χ0n) is 10.1. The predicted octanol–water partition coefficient (Wildman–Crippen LogP) is 2.28. The molecule has 0 spiro atoms. The fourth-order valence-electron chi connectivity index (χ4n) is 2.78. The van der Waals surface area contributed by atoms with E-state index in [-0.39, 0.29) is 0 Å². The van der Waals surface area contributed by atoms with Crippen LogP contribution < -0.4 is 9.64 Å². The van der Waals surface area contributed by atoms with Gasteiger partial charge in [-0.3, -0.25) is 0 Å². The first-order chi connectivity index (χ1) is 8.85. The number of rotatable bonds is 2. The van der Waals surface area contributed by atoms with Gasteiger partial charge in [0.1, 0.15) is 5.75 Å². The zero-order valence-corrected chi connectivity index (χ0v) is 10.9. The van der Waals surface area contributed by atoms with Crippen molar-refractivity contribution in [3.63, 3.8) is 0 Å². The Kier molecular flexibility index (Phi) is 2.25. The Morgan fingerprint density at radius 3 is 2.94 bits per heavy atom. The maximum absolute atomic E-state index is 5.51. The third kappa shape index (κ3) is 1.44. The van der Waals surface area contributed by atoms with Crippen molar-refractivity contribution in [1.29, 1.82) is 0 Å². The Labute approximate surface area is 109 Å². The number of aromatic nitrogens is 1. The van der Waals surface area contributed by atoms with Crippen molar-refractivity contribution in [2.24, 2.45) is 0 Å². The van der Waals surface area contributed by atoms with Crippen LogP contribution in [-0.4, -0.2) is 37.4 Å². The molecule has 1 aromatic heterocycles. The lowest BCUT2D eigenvalue weighted by Crippen LogP contribution is -2.64. The van der Waals surface area contributed by atoms with Gasteiger partial charge in [-0.05, 0) is 24.6 Å². The van der Waals surface area contributed by atoms with Gasteiger partial charge in [-0.25, -0.2) is 4.98 Å². The van der Waals surface area contributed by atoms with Crippen LogP contribution in [0, 0.1) is 0 Å². The molecular weight excluding hydrogens is 248 g/mol. The summed E-state index contributed by atoms with van der Waals surface area (Å²) in [4.78, 5) is 7.14. The van der Waals surface area contributed by atoms with E-state index in [0.717, 1.165) is 29.6 Å². The molecule has 2 bridgehead atoms. The van der Waals surface area contributed by atoms with Gasteiger partial charge in [0, 0.05) is 0 Å². The summed E-state index contributed by atoms with van der Waals surface area (Å²) in [7, 11) is 1.69. The number of nitrogens with zero attached hydrogens (tertiary/aromatic N) is 2.